The van der Waals surface area contributed by atoms with Gasteiger partial charge in [0.25, 0.3) is 0 Å². The number of fused-ring (bicyclic) bond motifs is 8. The zero-order valence-corrected chi connectivity index (χ0v) is 36.3. The number of benzene rings is 9. The third kappa shape index (κ3) is 6.20. The van der Waals surface area contributed by atoms with E-state index in [-0.39, 0.29) is 5.41 Å². The number of aryl methyl sites for hydroxylation is 4. The monoisotopic (exact) mass is 804 g/mol. The minimum atomic E-state index is -0.239. The Morgan fingerprint density at radius 1 is 0.387 bits per heavy atom. The second kappa shape index (κ2) is 14.1. The smallest absolute Gasteiger partial charge is 0.140 e. The molecule has 2 aromatic heterocycles. The number of hydrogen-bond donors (Lipinski definition) is 0. The standard InChI is InChI=1S/C58H48N2O2/c1-35-18-20-37(3)50(26-35)59(43-14-10-8-11-15-43)45-24-22-39-30-47-48-34-54-55(56(58(5,6)7)57(48)62-52(47)32-41(39)28-45)49-31-40-23-25-46(29-42(40)33-53(49)61-54)60(44-16-12-9-13-17-44)51-27-36(2)19-21-38(51)4/h8-34H,1-7H3. The first-order valence-corrected chi connectivity index (χ1v) is 21.6. The van der Waals surface area contributed by atoms with Crippen LogP contribution in [0.2, 0.25) is 0 Å². The molecule has 9 aromatic carbocycles. The summed E-state index contributed by atoms with van der Waals surface area (Å²) >= 11 is 0. The zero-order valence-electron chi connectivity index (χ0n) is 36.3. The van der Waals surface area contributed by atoms with Gasteiger partial charge in [-0.3, -0.25) is 0 Å². The SMILES string of the molecule is Cc1ccc(C)c(N(c2ccccc2)c2ccc3cc4c(cc3c2)oc2c(C(C)(C)C)c3c(cc24)oc2cc4cc(N(c5ccccc5)c5cc(C)ccc5C)ccc4cc23)c1. The summed E-state index contributed by atoms with van der Waals surface area (Å²) in [4.78, 5) is 4.72. The fourth-order valence-electron chi connectivity index (χ4n) is 9.55. The molecule has 4 nitrogen and oxygen atoms in total. The highest BCUT2D eigenvalue weighted by Crippen LogP contribution is 2.47. The van der Waals surface area contributed by atoms with Crippen LogP contribution < -0.4 is 9.80 Å². The van der Waals surface area contributed by atoms with Gasteiger partial charge in [0.1, 0.15) is 22.3 Å². The highest BCUT2D eigenvalue weighted by molar-refractivity contribution is 6.20. The van der Waals surface area contributed by atoms with E-state index in [1.807, 2.05) is 0 Å². The number of anilines is 6. The first-order chi connectivity index (χ1) is 30.0. The quantitative estimate of drug-likeness (QED) is 0.168. The van der Waals surface area contributed by atoms with Crippen molar-refractivity contribution in [2.75, 3.05) is 9.80 Å². The van der Waals surface area contributed by atoms with Gasteiger partial charge >= 0.3 is 0 Å². The summed E-state index contributed by atoms with van der Waals surface area (Å²) < 4.78 is 13.9. The summed E-state index contributed by atoms with van der Waals surface area (Å²) in [5.74, 6) is 0. The second-order valence-corrected chi connectivity index (χ2v) is 18.1. The molecule has 2 heterocycles. The van der Waals surface area contributed by atoms with Gasteiger partial charge in [0.05, 0.1) is 0 Å². The maximum atomic E-state index is 7.02. The average Bonchev–Trinajstić information content (AvgIpc) is 3.80. The van der Waals surface area contributed by atoms with Crippen molar-refractivity contribution >= 4 is 99.5 Å². The fraction of sp³-hybridized carbons (Fsp3) is 0.138. The normalized spacial score (nSPS) is 12.1. The van der Waals surface area contributed by atoms with Crippen LogP contribution in [0, 0.1) is 27.7 Å². The van der Waals surface area contributed by atoms with Gasteiger partial charge in [-0.05, 0) is 168 Å². The van der Waals surface area contributed by atoms with E-state index in [4.69, 9.17) is 8.83 Å². The van der Waals surface area contributed by atoms with E-state index < -0.39 is 0 Å². The highest BCUT2D eigenvalue weighted by Gasteiger charge is 2.28. The largest absolute Gasteiger partial charge is 0.456 e. The van der Waals surface area contributed by atoms with Crippen LogP contribution in [0.4, 0.5) is 34.1 Å². The van der Waals surface area contributed by atoms with Crippen molar-refractivity contribution in [2.24, 2.45) is 0 Å². The first-order valence-electron chi connectivity index (χ1n) is 21.6. The van der Waals surface area contributed by atoms with E-state index in [1.165, 1.54) is 33.6 Å². The summed E-state index contributed by atoms with van der Waals surface area (Å²) in [6, 6.07) is 59.3. The van der Waals surface area contributed by atoms with E-state index in [2.05, 4.69) is 222 Å². The summed E-state index contributed by atoms with van der Waals surface area (Å²) in [7, 11) is 0. The Hall–Kier alpha value is -7.30. The molecule has 0 spiro atoms. The molecule has 0 saturated heterocycles. The van der Waals surface area contributed by atoms with E-state index in [0.717, 1.165) is 93.7 Å². The number of nitrogens with zero attached hydrogens (tertiary/aromatic N) is 2. The van der Waals surface area contributed by atoms with Gasteiger partial charge in [-0.25, -0.2) is 0 Å². The Kier molecular flexibility index (Phi) is 8.59. The molecule has 11 rings (SSSR count). The minimum Gasteiger partial charge on any atom is -0.456 e. The molecule has 0 amide bonds. The maximum Gasteiger partial charge on any atom is 0.140 e. The molecule has 0 atom stereocenters. The molecule has 0 unspecified atom stereocenters. The van der Waals surface area contributed by atoms with Gasteiger partial charge in [-0.2, -0.15) is 0 Å². The molecule has 302 valence electrons. The lowest BCUT2D eigenvalue weighted by atomic mass is 9.82. The fourth-order valence-corrected chi connectivity index (χ4v) is 9.55. The molecular weight excluding hydrogens is 757 g/mol. The van der Waals surface area contributed by atoms with Crippen molar-refractivity contribution in [1.29, 1.82) is 0 Å². The third-order valence-electron chi connectivity index (χ3n) is 12.6. The van der Waals surface area contributed by atoms with E-state index in [1.54, 1.807) is 0 Å². The summed E-state index contributed by atoms with van der Waals surface area (Å²) in [6.07, 6.45) is 0. The van der Waals surface area contributed by atoms with Gasteiger partial charge in [0, 0.05) is 61.2 Å². The van der Waals surface area contributed by atoms with Crippen LogP contribution in [0.1, 0.15) is 48.6 Å². The summed E-state index contributed by atoms with van der Waals surface area (Å²) in [5.41, 5.74) is 16.1. The topological polar surface area (TPSA) is 32.8 Å². The summed E-state index contributed by atoms with van der Waals surface area (Å²) in [5, 5.41) is 8.95. The molecule has 0 saturated carbocycles. The third-order valence-corrected chi connectivity index (χ3v) is 12.6. The highest BCUT2D eigenvalue weighted by atomic mass is 16.3. The Bertz CT molecular complexity index is 3440. The summed E-state index contributed by atoms with van der Waals surface area (Å²) in [6.45, 7) is 15.5. The van der Waals surface area contributed by atoms with Crippen molar-refractivity contribution in [3.05, 3.63) is 192 Å². The van der Waals surface area contributed by atoms with Crippen LogP contribution in [-0.4, -0.2) is 0 Å². The number of para-hydroxylation sites is 2. The maximum absolute atomic E-state index is 7.02. The predicted molar refractivity (Wildman–Crippen MR) is 263 cm³/mol. The van der Waals surface area contributed by atoms with Crippen LogP contribution in [0.15, 0.2) is 173 Å². The van der Waals surface area contributed by atoms with E-state index in [0.29, 0.717) is 0 Å². The van der Waals surface area contributed by atoms with Crippen molar-refractivity contribution in [2.45, 2.75) is 53.9 Å². The van der Waals surface area contributed by atoms with Crippen LogP contribution in [0.3, 0.4) is 0 Å². The molecule has 0 N–H and O–H groups in total. The van der Waals surface area contributed by atoms with Gasteiger partial charge in [0.2, 0.25) is 0 Å². The van der Waals surface area contributed by atoms with Crippen LogP contribution >= 0.6 is 0 Å². The number of furan rings is 2. The predicted octanol–water partition coefficient (Wildman–Crippen LogP) is 17.3. The van der Waals surface area contributed by atoms with Gasteiger partial charge in [-0.1, -0.05) is 93.6 Å². The molecule has 0 aliphatic carbocycles. The molecule has 4 heteroatoms. The lowest BCUT2D eigenvalue weighted by Gasteiger charge is -2.27. The first kappa shape index (κ1) is 37.7. The lowest BCUT2D eigenvalue weighted by molar-refractivity contribution is 0.577. The molecule has 0 bridgehead atoms. The van der Waals surface area contributed by atoms with Crippen LogP contribution in [0.5, 0.6) is 0 Å². The Morgan fingerprint density at radius 3 is 1.40 bits per heavy atom. The second-order valence-electron chi connectivity index (χ2n) is 18.1. The van der Waals surface area contributed by atoms with Crippen molar-refractivity contribution < 1.29 is 8.83 Å². The van der Waals surface area contributed by atoms with Gasteiger partial charge < -0.3 is 18.6 Å². The van der Waals surface area contributed by atoms with Crippen LogP contribution in [-0.2, 0) is 5.41 Å². The average molecular weight is 805 g/mol. The lowest BCUT2D eigenvalue weighted by Crippen LogP contribution is -2.12. The van der Waals surface area contributed by atoms with E-state index in [9.17, 15) is 0 Å². The number of rotatable bonds is 6. The van der Waals surface area contributed by atoms with Crippen molar-refractivity contribution in [1.82, 2.24) is 0 Å². The van der Waals surface area contributed by atoms with E-state index >= 15 is 0 Å². The van der Waals surface area contributed by atoms with Gasteiger partial charge in [0.15, 0.2) is 0 Å². The molecule has 0 aliphatic rings. The molecule has 0 aliphatic heterocycles. The number of hydrogen-bond acceptors (Lipinski definition) is 4. The molecule has 0 fully saturated rings. The molecule has 62 heavy (non-hydrogen) atoms. The molecular formula is C58H48N2O2. The van der Waals surface area contributed by atoms with Crippen molar-refractivity contribution in [3.8, 4) is 0 Å². The van der Waals surface area contributed by atoms with Crippen molar-refractivity contribution in [3.63, 3.8) is 0 Å². The Labute approximate surface area is 362 Å². The molecule has 11 aromatic rings. The minimum absolute atomic E-state index is 0.239. The molecule has 0 radical (unpaired) electrons. The zero-order chi connectivity index (χ0) is 42.4. The Balaban J connectivity index is 1.07. The van der Waals surface area contributed by atoms with Gasteiger partial charge in [-0.15, -0.1) is 0 Å². The Morgan fingerprint density at radius 2 is 0.887 bits per heavy atom. The van der Waals surface area contributed by atoms with Crippen LogP contribution in [0.25, 0.3) is 65.4 Å².